The maximum Gasteiger partial charge on any atom is 0.323 e. The Hall–Kier alpha value is -2.04. The molecule has 10 nitrogen and oxygen atoms in total. The number of carbonyl (C=O) groups excluding carboxylic acids is 4. The molecule has 0 saturated heterocycles. The van der Waals surface area contributed by atoms with Crippen LogP contribution in [0.3, 0.4) is 0 Å². The lowest BCUT2D eigenvalue weighted by atomic mass is 10.1. The van der Waals surface area contributed by atoms with E-state index < -0.39 is 53.0 Å². The SMILES string of the molecule is CC(C)(C)OC(=O)CCC(NC(C=O)NC(CCCCN)C(=O)OC(C)(C)C)C(=O)OC(C)(C)C. The minimum atomic E-state index is -1.07. The van der Waals surface area contributed by atoms with Crippen molar-refractivity contribution in [2.45, 2.75) is 129 Å². The maximum absolute atomic E-state index is 12.8. The fourth-order valence-electron chi connectivity index (χ4n) is 2.99. The summed E-state index contributed by atoms with van der Waals surface area (Å²) in [6, 6.07) is -1.79. The van der Waals surface area contributed by atoms with Crippen molar-refractivity contribution in [1.29, 1.82) is 0 Å². The van der Waals surface area contributed by atoms with E-state index in [2.05, 4.69) is 10.6 Å². The van der Waals surface area contributed by atoms with Crippen molar-refractivity contribution in [2.75, 3.05) is 6.54 Å². The molecule has 0 aliphatic heterocycles. The van der Waals surface area contributed by atoms with E-state index in [1.54, 1.807) is 62.3 Å². The molecule has 0 aliphatic carbocycles. The van der Waals surface area contributed by atoms with Crippen LogP contribution in [0.2, 0.25) is 0 Å². The van der Waals surface area contributed by atoms with E-state index >= 15 is 0 Å². The van der Waals surface area contributed by atoms with Crippen molar-refractivity contribution in [1.82, 2.24) is 10.6 Å². The predicted molar refractivity (Wildman–Crippen MR) is 133 cm³/mol. The molecule has 0 aromatic carbocycles. The molecule has 0 spiro atoms. The van der Waals surface area contributed by atoms with Crippen LogP contribution in [0.15, 0.2) is 0 Å². The van der Waals surface area contributed by atoms with E-state index in [1.165, 1.54) is 0 Å². The summed E-state index contributed by atoms with van der Waals surface area (Å²) in [5.74, 6) is -1.60. The lowest BCUT2D eigenvalue weighted by Gasteiger charge is -2.29. The number of unbranched alkanes of at least 4 members (excludes halogenated alkanes) is 1. The number of hydrogen-bond donors (Lipinski definition) is 3. The fraction of sp³-hybridized carbons (Fsp3) is 0.840. The van der Waals surface area contributed by atoms with E-state index in [-0.39, 0.29) is 12.8 Å². The number of nitrogens with one attached hydrogen (secondary N) is 2. The Bertz CT molecular complexity index is 691. The molecule has 0 aromatic heterocycles. The van der Waals surface area contributed by atoms with Crippen LogP contribution < -0.4 is 16.4 Å². The summed E-state index contributed by atoms with van der Waals surface area (Å²) in [5, 5.41) is 5.83. The molecule has 35 heavy (non-hydrogen) atoms. The average Bonchev–Trinajstić information content (AvgIpc) is 2.64. The standard InChI is InChI=1S/C25H47N3O7/c1-23(2,3)33-20(30)14-13-18(22(32)35-25(7,8)9)28-19(16-29)27-17(12-10-11-15-26)21(31)34-24(4,5)6/h16-19,27-28H,10-15,26H2,1-9H3. The zero-order valence-corrected chi connectivity index (χ0v) is 23.0. The molecule has 10 heteroatoms. The molecule has 0 aromatic rings. The van der Waals surface area contributed by atoms with Crippen LogP contribution in [0.25, 0.3) is 0 Å². The highest BCUT2D eigenvalue weighted by atomic mass is 16.6. The van der Waals surface area contributed by atoms with Crippen molar-refractivity contribution in [3.8, 4) is 0 Å². The van der Waals surface area contributed by atoms with E-state index in [0.717, 1.165) is 0 Å². The summed E-state index contributed by atoms with van der Waals surface area (Å²) >= 11 is 0. The fourth-order valence-corrected chi connectivity index (χ4v) is 2.99. The van der Waals surface area contributed by atoms with Gasteiger partial charge in [-0.3, -0.25) is 25.0 Å². The second kappa shape index (κ2) is 14.5. The summed E-state index contributed by atoms with van der Waals surface area (Å²) in [6.45, 7) is 16.2. The molecule has 0 bridgehead atoms. The van der Waals surface area contributed by atoms with Crippen LogP contribution in [-0.2, 0) is 33.4 Å². The maximum atomic E-state index is 12.8. The second-order valence-electron chi connectivity index (χ2n) is 11.5. The lowest BCUT2D eigenvalue weighted by Crippen LogP contribution is -2.57. The molecule has 3 unspecified atom stereocenters. The van der Waals surface area contributed by atoms with Crippen molar-refractivity contribution in [3.63, 3.8) is 0 Å². The number of nitrogens with two attached hydrogens (primary N) is 1. The van der Waals surface area contributed by atoms with E-state index in [1.807, 2.05) is 0 Å². The van der Waals surface area contributed by atoms with Crippen molar-refractivity contribution < 1.29 is 33.4 Å². The Morgan fingerprint density at radius 2 is 1.17 bits per heavy atom. The minimum absolute atomic E-state index is 0.0418. The first-order valence-electron chi connectivity index (χ1n) is 12.2. The molecule has 0 rings (SSSR count). The van der Waals surface area contributed by atoms with Crippen molar-refractivity contribution in [3.05, 3.63) is 0 Å². The number of hydrogen-bond acceptors (Lipinski definition) is 10. The molecule has 0 aliphatic rings. The van der Waals surface area contributed by atoms with Gasteiger partial charge in [-0.15, -0.1) is 0 Å². The van der Waals surface area contributed by atoms with Gasteiger partial charge in [0.05, 0.1) is 0 Å². The first kappa shape index (κ1) is 33.0. The number of esters is 3. The van der Waals surface area contributed by atoms with E-state index in [0.29, 0.717) is 32.1 Å². The molecule has 0 radical (unpaired) electrons. The second-order valence-corrected chi connectivity index (χ2v) is 11.5. The van der Waals surface area contributed by atoms with Crippen LogP contribution in [0.4, 0.5) is 0 Å². The first-order chi connectivity index (χ1) is 15.9. The van der Waals surface area contributed by atoms with Crippen LogP contribution in [0, 0.1) is 0 Å². The van der Waals surface area contributed by atoms with Crippen LogP contribution in [0.5, 0.6) is 0 Å². The van der Waals surface area contributed by atoms with E-state index in [9.17, 15) is 19.2 Å². The van der Waals surface area contributed by atoms with Gasteiger partial charge < -0.3 is 24.7 Å². The number of rotatable bonds is 14. The third-order valence-electron chi connectivity index (χ3n) is 4.28. The monoisotopic (exact) mass is 501 g/mol. The number of aldehydes is 1. The van der Waals surface area contributed by atoms with Gasteiger partial charge in [0.1, 0.15) is 35.1 Å². The van der Waals surface area contributed by atoms with Crippen LogP contribution in [0.1, 0.15) is 94.4 Å². The average molecular weight is 502 g/mol. The van der Waals surface area contributed by atoms with Gasteiger partial charge in [-0.05, 0) is 88.1 Å². The molecule has 0 saturated carbocycles. The Morgan fingerprint density at radius 3 is 1.54 bits per heavy atom. The van der Waals surface area contributed by atoms with Crippen molar-refractivity contribution >= 4 is 24.2 Å². The molecular weight excluding hydrogens is 454 g/mol. The zero-order chi connectivity index (χ0) is 27.4. The molecule has 4 N–H and O–H groups in total. The smallest absolute Gasteiger partial charge is 0.323 e. The molecule has 204 valence electrons. The number of carbonyl (C=O) groups is 4. The van der Waals surface area contributed by atoms with Gasteiger partial charge in [-0.25, -0.2) is 0 Å². The Kier molecular flexibility index (Phi) is 13.7. The quantitative estimate of drug-likeness (QED) is 0.107. The summed E-state index contributed by atoms with van der Waals surface area (Å²) in [5.41, 5.74) is 3.43. The normalized spacial score (nSPS) is 15.0. The third kappa shape index (κ3) is 17.1. The van der Waals surface area contributed by atoms with Gasteiger partial charge in [-0.2, -0.15) is 0 Å². The van der Waals surface area contributed by atoms with Crippen LogP contribution >= 0.6 is 0 Å². The van der Waals surface area contributed by atoms with Gasteiger partial charge in [0.15, 0.2) is 6.29 Å². The highest BCUT2D eigenvalue weighted by Gasteiger charge is 2.32. The molecule has 0 amide bonds. The topological polar surface area (TPSA) is 146 Å². The van der Waals surface area contributed by atoms with E-state index in [4.69, 9.17) is 19.9 Å². The minimum Gasteiger partial charge on any atom is -0.460 e. The number of ether oxygens (including phenoxy) is 3. The summed E-state index contributed by atoms with van der Waals surface area (Å²) in [7, 11) is 0. The molecule has 3 atom stereocenters. The summed E-state index contributed by atoms with van der Waals surface area (Å²) < 4.78 is 16.3. The van der Waals surface area contributed by atoms with Gasteiger partial charge in [0, 0.05) is 6.42 Å². The Morgan fingerprint density at radius 1 is 0.743 bits per heavy atom. The summed E-state index contributed by atoms with van der Waals surface area (Å²) in [6.07, 6.45) is 1.22. The summed E-state index contributed by atoms with van der Waals surface area (Å²) in [4.78, 5) is 49.7. The molecule has 0 fully saturated rings. The molecule has 0 heterocycles. The van der Waals surface area contributed by atoms with Gasteiger partial charge >= 0.3 is 17.9 Å². The lowest BCUT2D eigenvalue weighted by molar-refractivity contribution is -0.159. The predicted octanol–water partition coefficient (Wildman–Crippen LogP) is 2.36. The highest BCUT2D eigenvalue weighted by Crippen LogP contribution is 2.15. The van der Waals surface area contributed by atoms with Gasteiger partial charge in [0.2, 0.25) is 0 Å². The van der Waals surface area contributed by atoms with Crippen LogP contribution in [-0.4, -0.2) is 65.8 Å². The largest absolute Gasteiger partial charge is 0.460 e. The highest BCUT2D eigenvalue weighted by molar-refractivity contribution is 5.79. The molecular formula is C25H47N3O7. The zero-order valence-electron chi connectivity index (χ0n) is 23.0. The van der Waals surface area contributed by atoms with Gasteiger partial charge in [0.25, 0.3) is 0 Å². The Balaban J connectivity index is 5.55. The van der Waals surface area contributed by atoms with Crippen molar-refractivity contribution in [2.24, 2.45) is 5.73 Å². The van der Waals surface area contributed by atoms with Gasteiger partial charge in [-0.1, -0.05) is 6.42 Å². The third-order valence-corrected chi connectivity index (χ3v) is 4.28. The first-order valence-corrected chi connectivity index (χ1v) is 12.2. The Labute approximate surface area is 210 Å².